The second-order valence-corrected chi connectivity index (χ2v) is 5.03. The van der Waals surface area contributed by atoms with Crippen LogP contribution in [0.4, 0.5) is 0 Å². The Morgan fingerprint density at radius 2 is 1.67 bits per heavy atom. The van der Waals surface area contributed by atoms with Gasteiger partial charge in [0.05, 0.1) is 14.2 Å². The average molecular weight is 342 g/mol. The molecule has 2 rings (SSSR count). The molecule has 1 aliphatic rings. The van der Waals surface area contributed by atoms with Crippen molar-refractivity contribution in [2.45, 2.75) is 30.7 Å². The Morgan fingerprint density at radius 1 is 1.00 bits per heavy atom. The summed E-state index contributed by atoms with van der Waals surface area (Å²) in [5.41, 5.74) is 0.0611. The molecule has 1 saturated heterocycles. The number of hydrogen-bond acceptors (Lipinski definition) is 9. The zero-order chi connectivity index (χ0) is 17.9. The Hall–Kier alpha value is -2.20. The molecule has 0 saturated carbocycles. The second kappa shape index (κ2) is 7.58. The van der Waals surface area contributed by atoms with E-state index >= 15 is 0 Å². The lowest BCUT2D eigenvalue weighted by Gasteiger charge is -2.38. The van der Waals surface area contributed by atoms with E-state index in [2.05, 4.69) is 9.47 Å². The maximum absolute atomic E-state index is 11.7. The number of carbonyl (C=O) groups is 2. The summed E-state index contributed by atoms with van der Waals surface area (Å²) < 4.78 is 19.7. The first-order valence-electron chi connectivity index (χ1n) is 7.02. The Bertz CT molecular complexity index is 602. The second-order valence-electron chi connectivity index (χ2n) is 5.03. The van der Waals surface area contributed by atoms with Gasteiger partial charge in [0.15, 0.2) is 6.10 Å². The molecular weight excluding hydrogens is 324 g/mol. The average Bonchev–Trinajstić information content (AvgIpc) is 2.61. The van der Waals surface area contributed by atoms with Crippen LogP contribution in [0.15, 0.2) is 24.3 Å². The van der Waals surface area contributed by atoms with Crippen molar-refractivity contribution in [1.82, 2.24) is 0 Å². The van der Waals surface area contributed by atoms with Crippen LogP contribution in [0.3, 0.4) is 0 Å². The Kier molecular flexibility index (Phi) is 5.73. The predicted molar refractivity (Wildman–Crippen MR) is 77.1 cm³/mol. The zero-order valence-electron chi connectivity index (χ0n) is 13.0. The molecule has 1 fully saturated rings. The molecule has 0 spiro atoms. The predicted octanol–water partition coefficient (Wildman–Crippen LogP) is -1.17. The summed E-state index contributed by atoms with van der Waals surface area (Å²) in [6, 6.07) is 6.00. The van der Waals surface area contributed by atoms with Gasteiger partial charge in [0, 0.05) is 0 Å². The minimum absolute atomic E-state index is 0.0144. The van der Waals surface area contributed by atoms with Crippen molar-refractivity contribution >= 4 is 11.9 Å². The van der Waals surface area contributed by atoms with Crippen molar-refractivity contribution in [3.8, 4) is 5.75 Å². The van der Waals surface area contributed by atoms with Gasteiger partial charge in [-0.15, -0.1) is 0 Å². The summed E-state index contributed by atoms with van der Waals surface area (Å²) >= 11 is 0. The molecule has 24 heavy (non-hydrogen) atoms. The van der Waals surface area contributed by atoms with E-state index in [4.69, 9.17) is 9.47 Å². The van der Waals surface area contributed by atoms with Crippen LogP contribution in [-0.2, 0) is 19.0 Å². The highest BCUT2D eigenvalue weighted by atomic mass is 16.7. The number of rotatable bonds is 4. The van der Waals surface area contributed by atoms with Crippen molar-refractivity contribution in [3.05, 3.63) is 29.8 Å². The highest BCUT2D eigenvalue weighted by molar-refractivity contribution is 5.92. The summed E-state index contributed by atoms with van der Waals surface area (Å²) in [5, 5.41) is 29.7. The molecule has 5 atom stereocenters. The van der Waals surface area contributed by atoms with Crippen LogP contribution < -0.4 is 4.74 Å². The Balaban J connectivity index is 2.25. The van der Waals surface area contributed by atoms with Gasteiger partial charge in [-0.25, -0.2) is 9.59 Å². The van der Waals surface area contributed by atoms with Crippen LogP contribution in [0.1, 0.15) is 10.4 Å². The van der Waals surface area contributed by atoms with Gasteiger partial charge in [-0.3, -0.25) is 0 Å². The van der Waals surface area contributed by atoms with Gasteiger partial charge in [-0.1, -0.05) is 12.1 Å². The van der Waals surface area contributed by atoms with Crippen LogP contribution in [0, 0.1) is 0 Å². The van der Waals surface area contributed by atoms with E-state index < -0.39 is 42.6 Å². The molecule has 1 aliphatic heterocycles. The van der Waals surface area contributed by atoms with E-state index in [0.29, 0.717) is 0 Å². The summed E-state index contributed by atoms with van der Waals surface area (Å²) in [6.07, 6.45) is -8.13. The van der Waals surface area contributed by atoms with Crippen molar-refractivity contribution in [2.24, 2.45) is 0 Å². The zero-order valence-corrected chi connectivity index (χ0v) is 13.0. The van der Waals surface area contributed by atoms with E-state index in [0.717, 1.165) is 7.11 Å². The largest absolute Gasteiger partial charge is 0.467 e. The first-order chi connectivity index (χ1) is 11.4. The molecule has 1 aromatic rings. The third-order valence-electron chi connectivity index (χ3n) is 3.54. The van der Waals surface area contributed by atoms with Gasteiger partial charge in [-0.2, -0.15) is 0 Å². The monoisotopic (exact) mass is 342 g/mol. The standard InChI is InChI=1S/C15H18O9/c1-21-13(19)7-5-3-4-6-8(7)23-15-11(18)9(16)10(17)12(24-15)14(20)22-2/h3-6,9-12,15-18H,1-2H3/t9-,10+,11-,12+,15+/m1/s1. The maximum atomic E-state index is 11.7. The number of esters is 2. The summed E-state index contributed by atoms with van der Waals surface area (Å²) in [5.74, 6) is -1.61. The van der Waals surface area contributed by atoms with E-state index in [1.165, 1.54) is 19.2 Å². The number of benzene rings is 1. The van der Waals surface area contributed by atoms with Gasteiger partial charge in [0.2, 0.25) is 6.29 Å². The van der Waals surface area contributed by atoms with E-state index in [1.807, 2.05) is 0 Å². The first kappa shape index (κ1) is 18.1. The molecule has 0 aromatic heterocycles. The molecule has 1 aromatic carbocycles. The lowest BCUT2D eigenvalue weighted by Crippen LogP contribution is -2.61. The van der Waals surface area contributed by atoms with Crippen LogP contribution in [0.5, 0.6) is 5.75 Å². The smallest absolute Gasteiger partial charge is 0.341 e. The van der Waals surface area contributed by atoms with Gasteiger partial charge in [-0.05, 0) is 12.1 Å². The minimum atomic E-state index is -1.71. The maximum Gasteiger partial charge on any atom is 0.341 e. The minimum Gasteiger partial charge on any atom is -0.467 e. The third-order valence-corrected chi connectivity index (χ3v) is 3.54. The van der Waals surface area contributed by atoms with Crippen LogP contribution in [-0.4, -0.2) is 72.2 Å². The molecule has 132 valence electrons. The van der Waals surface area contributed by atoms with Crippen LogP contribution in [0.2, 0.25) is 0 Å². The highest BCUT2D eigenvalue weighted by Crippen LogP contribution is 2.27. The molecule has 3 N–H and O–H groups in total. The number of para-hydroxylation sites is 1. The van der Waals surface area contributed by atoms with Crippen molar-refractivity contribution in [2.75, 3.05) is 14.2 Å². The van der Waals surface area contributed by atoms with Crippen molar-refractivity contribution in [3.63, 3.8) is 0 Å². The number of methoxy groups -OCH3 is 2. The van der Waals surface area contributed by atoms with Gasteiger partial charge in [0.1, 0.15) is 29.6 Å². The molecule has 0 unspecified atom stereocenters. The van der Waals surface area contributed by atoms with E-state index in [-0.39, 0.29) is 11.3 Å². The third kappa shape index (κ3) is 3.49. The molecule has 9 heteroatoms. The highest BCUT2D eigenvalue weighted by Gasteiger charge is 2.48. The Labute approximate surface area is 137 Å². The first-order valence-corrected chi connectivity index (χ1v) is 7.02. The number of aliphatic hydroxyl groups excluding tert-OH is 3. The summed E-state index contributed by atoms with van der Waals surface area (Å²) in [4.78, 5) is 23.3. The SMILES string of the molecule is COC(=O)c1ccccc1O[C@H]1O[C@H](C(=O)OC)[C@@H](O)[C@@H](O)[C@H]1O. The summed E-state index contributed by atoms with van der Waals surface area (Å²) in [6.45, 7) is 0. The van der Waals surface area contributed by atoms with Crippen LogP contribution >= 0.6 is 0 Å². The lowest BCUT2D eigenvalue weighted by molar-refractivity contribution is -0.271. The number of aliphatic hydroxyl groups is 3. The van der Waals surface area contributed by atoms with Gasteiger partial charge >= 0.3 is 11.9 Å². The molecule has 0 bridgehead atoms. The van der Waals surface area contributed by atoms with Crippen LogP contribution in [0.25, 0.3) is 0 Å². The fourth-order valence-electron chi connectivity index (χ4n) is 2.23. The van der Waals surface area contributed by atoms with E-state index in [1.54, 1.807) is 12.1 Å². The normalized spacial score (nSPS) is 29.6. The number of ether oxygens (including phenoxy) is 4. The fourth-order valence-corrected chi connectivity index (χ4v) is 2.23. The van der Waals surface area contributed by atoms with Crippen molar-refractivity contribution < 1.29 is 43.9 Å². The lowest BCUT2D eigenvalue weighted by atomic mass is 9.99. The summed E-state index contributed by atoms with van der Waals surface area (Å²) in [7, 11) is 2.27. The molecule has 9 nitrogen and oxygen atoms in total. The quantitative estimate of drug-likeness (QED) is 0.579. The molecular formula is C15H18O9. The molecule has 0 aliphatic carbocycles. The molecule has 0 radical (unpaired) electrons. The topological polar surface area (TPSA) is 132 Å². The molecule has 0 amide bonds. The van der Waals surface area contributed by atoms with E-state index in [9.17, 15) is 24.9 Å². The van der Waals surface area contributed by atoms with Crippen molar-refractivity contribution in [1.29, 1.82) is 0 Å². The van der Waals surface area contributed by atoms with Gasteiger partial charge < -0.3 is 34.3 Å². The fraction of sp³-hybridized carbons (Fsp3) is 0.467. The molecule has 1 heterocycles. The van der Waals surface area contributed by atoms with Gasteiger partial charge in [0.25, 0.3) is 0 Å². The Morgan fingerprint density at radius 3 is 2.29 bits per heavy atom. The number of carbonyl (C=O) groups excluding carboxylic acids is 2. The number of hydrogen-bond donors (Lipinski definition) is 3.